The van der Waals surface area contributed by atoms with Gasteiger partial charge in [0.15, 0.2) is 0 Å². The van der Waals surface area contributed by atoms with Crippen LogP contribution in [0, 0.1) is 6.92 Å². The van der Waals surface area contributed by atoms with Gasteiger partial charge >= 0.3 is 0 Å². The van der Waals surface area contributed by atoms with Crippen LogP contribution in [0.1, 0.15) is 24.0 Å². The van der Waals surface area contributed by atoms with Crippen LogP contribution in [0.25, 0.3) is 0 Å². The largest absolute Gasteiger partial charge is 0.385 e. The minimum atomic E-state index is 0.0899. The molecule has 114 valence electrons. The van der Waals surface area contributed by atoms with E-state index >= 15 is 0 Å². The molecule has 0 spiro atoms. The van der Waals surface area contributed by atoms with E-state index in [0.29, 0.717) is 0 Å². The minimum absolute atomic E-state index is 0.0899. The first-order valence-electron chi connectivity index (χ1n) is 6.95. The van der Waals surface area contributed by atoms with Crippen LogP contribution in [0.3, 0.4) is 0 Å². The lowest BCUT2D eigenvalue weighted by Gasteiger charge is -2.32. The highest BCUT2D eigenvalue weighted by Crippen LogP contribution is 2.34. The average Bonchev–Trinajstić information content (AvgIpc) is 2.48. The van der Waals surface area contributed by atoms with Crippen molar-refractivity contribution < 1.29 is 9.47 Å². The molecule has 1 aromatic rings. The standard InChI is InChI=1S/C16H24Br2O2/c1-14-6-3-4-7-15(14)16(12-17,13-18)8-11-20-10-5-9-19-2/h3-4,6-7H,5,8-13H2,1-2H3. The fourth-order valence-electron chi connectivity index (χ4n) is 2.29. The summed E-state index contributed by atoms with van der Waals surface area (Å²) in [6.45, 7) is 4.48. The molecular formula is C16H24Br2O2. The molecule has 0 heterocycles. The number of hydrogen-bond donors (Lipinski definition) is 0. The summed E-state index contributed by atoms with van der Waals surface area (Å²) in [5.74, 6) is 0. The van der Waals surface area contributed by atoms with Crippen molar-refractivity contribution in [3.05, 3.63) is 35.4 Å². The van der Waals surface area contributed by atoms with Gasteiger partial charge in [0.2, 0.25) is 0 Å². The van der Waals surface area contributed by atoms with Crippen molar-refractivity contribution in [2.24, 2.45) is 0 Å². The molecular weight excluding hydrogens is 384 g/mol. The maximum absolute atomic E-state index is 5.73. The van der Waals surface area contributed by atoms with E-state index < -0.39 is 0 Å². The second-order valence-corrected chi connectivity index (χ2v) is 6.19. The van der Waals surface area contributed by atoms with Crippen molar-refractivity contribution in [3.8, 4) is 0 Å². The van der Waals surface area contributed by atoms with Gasteiger partial charge < -0.3 is 9.47 Å². The van der Waals surface area contributed by atoms with Crippen LogP contribution >= 0.6 is 31.9 Å². The van der Waals surface area contributed by atoms with E-state index in [1.165, 1.54) is 11.1 Å². The van der Waals surface area contributed by atoms with Gasteiger partial charge in [-0.2, -0.15) is 0 Å². The summed E-state index contributed by atoms with van der Waals surface area (Å²) in [4.78, 5) is 0. The Morgan fingerprint density at radius 1 is 1.05 bits per heavy atom. The van der Waals surface area contributed by atoms with Crippen molar-refractivity contribution >= 4 is 31.9 Å². The lowest BCUT2D eigenvalue weighted by Crippen LogP contribution is -2.32. The summed E-state index contributed by atoms with van der Waals surface area (Å²) in [5.41, 5.74) is 2.83. The number of methoxy groups -OCH3 is 1. The molecule has 4 heteroatoms. The van der Waals surface area contributed by atoms with Crippen LogP contribution in [-0.2, 0) is 14.9 Å². The normalized spacial score (nSPS) is 11.8. The van der Waals surface area contributed by atoms with Crippen molar-refractivity contribution in [2.75, 3.05) is 37.6 Å². The molecule has 0 amide bonds. The predicted octanol–water partition coefficient (Wildman–Crippen LogP) is 4.47. The van der Waals surface area contributed by atoms with Gasteiger partial charge in [0, 0.05) is 43.0 Å². The lowest BCUT2D eigenvalue weighted by molar-refractivity contribution is 0.0934. The van der Waals surface area contributed by atoms with E-state index in [2.05, 4.69) is 63.0 Å². The smallest absolute Gasteiger partial charge is 0.0487 e. The molecule has 0 unspecified atom stereocenters. The fourth-order valence-corrected chi connectivity index (χ4v) is 4.38. The quantitative estimate of drug-likeness (QED) is 0.421. The molecule has 0 saturated heterocycles. The summed E-state index contributed by atoms with van der Waals surface area (Å²) in [6, 6.07) is 8.60. The number of benzene rings is 1. The Kier molecular flexibility index (Phi) is 9.01. The van der Waals surface area contributed by atoms with Gasteiger partial charge in [-0.05, 0) is 30.9 Å². The van der Waals surface area contributed by atoms with E-state index in [-0.39, 0.29) is 5.41 Å². The third kappa shape index (κ3) is 5.14. The van der Waals surface area contributed by atoms with E-state index in [4.69, 9.17) is 9.47 Å². The van der Waals surface area contributed by atoms with Crippen LogP contribution in [0.2, 0.25) is 0 Å². The number of halogens is 2. The zero-order valence-electron chi connectivity index (χ0n) is 12.3. The Bertz CT molecular complexity index is 378. The molecule has 2 nitrogen and oxygen atoms in total. The van der Waals surface area contributed by atoms with E-state index in [0.717, 1.165) is 43.3 Å². The van der Waals surface area contributed by atoms with Gasteiger partial charge in [-0.3, -0.25) is 0 Å². The molecule has 0 bridgehead atoms. The molecule has 0 aliphatic carbocycles. The first-order chi connectivity index (χ1) is 9.70. The molecule has 0 fully saturated rings. The van der Waals surface area contributed by atoms with Gasteiger partial charge in [0.25, 0.3) is 0 Å². The zero-order chi connectivity index (χ0) is 14.8. The second-order valence-electron chi connectivity index (χ2n) is 5.07. The fraction of sp³-hybridized carbons (Fsp3) is 0.625. The van der Waals surface area contributed by atoms with Crippen molar-refractivity contribution in [1.82, 2.24) is 0 Å². The summed E-state index contributed by atoms with van der Waals surface area (Å²) in [6.07, 6.45) is 1.96. The molecule has 0 aliphatic heterocycles. The first kappa shape index (κ1) is 18.1. The Balaban J connectivity index is 2.61. The van der Waals surface area contributed by atoms with E-state index in [9.17, 15) is 0 Å². The van der Waals surface area contributed by atoms with Crippen LogP contribution in [0.15, 0.2) is 24.3 Å². The predicted molar refractivity (Wildman–Crippen MR) is 92.4 cm³/mol. The molecule has 0 aliphatic rings. The van der Waals surface area contributed by atoms with Crippen LogP contribution in [0.4, 0.5) is 0 Å². The Hall–Kier alpha value is 0.1000. The topological polar surface area (TPSA) is 18.5 Å². The van der Waals surface area contributed by atoms with Crippen molar-refractivity contribution in [3.63, 3.8) is 0 Å². The monoisotopic (exact) mass is 406 g/mol. The number of aryl methyl sites for hydroxylation is 1. The van der Waals surface area contributed by atoms with Gasteiger partial charge in [-0.15, -0.1) is 0 Å². The summed E-state index contributed by atoms with van der Waals surface area (Å²) in [7, 11) is 1.72. The molecule has 0 saturated carbocycles. The van der Waals surface area contributed by atoms with Gasteiger partial charge in [0.1, 0.15) is 0 Å². The highest BCUT2D eigenvalue weighted by molar-refractivity contribution is 9.09. The SMILES string of the molecule is COCCCOCCC(CBr)(CBr)c1ccccc1C. The van der Waals surface area contributed by atoms with Crippen LogP contribution in [0.5, 0.6) is 0 Å². The molecule has 1 aromatic carbocycles. The number of ether oxygens (including phenoxy) is 2. The Morgan fingerprint density at radius 3 is 2.35 bits per heavy atom. The molecule has 1 rings (SSSR count). The summed E-state index contributed by atoms with van der Waals surface area (Å²) < 4.78 is 10.8. The van der Waals surface area contributed by atoms with Gasteiger partial charge in [0.05, 0.1) is 0 Å². The zero-order valence-corrected chi connectivity index (χ0v) is 15.5. The van der Waals surface area contributed by atoms with Gasteiger partial charge in [-0.1, -0.05) is 56.1 Å². The lowest BCUT2D eigenvalue weighted by atomic mass is 9.79. The molecule has 0 aromatic heterocycles. The number of alkyl halides is 2. The van der Waals surface area contributed by atoms with E-state index in [1.54, 1.807) is 7.11 Å². The molecule has 0 atom stereocenters. The second kappa shape index (κ2) is 9.93. The maximum atomic E-state index is 5.73. The summed E-state index contributed by atoms with van der Waals surface area (Å²) >= 11 is 7.39. The average molecular weight is 408 g/mol. The molecule has 0 radical (unpaired) electrons. The third-order valence-electron chi connectivity index (χ3n) is 3.59. The van der Waals surface area contributed by atoms with E-state index in [1.807, 2.05) is 0 Å². The van der Waals surface area contributed by atoms with Gasteiger partial charge in [-0.25, -0.2) is 0 Å². The molecule has 20 heavy (non-hydrogen) atoms. The highest BCUT2D eigenvalue weighted by atomic mass is 79.9. The molecule has 0 N–H and O–H groups in total. The third-order valence-corrected chi connectivity index (χ3v) is 5.74. The van der Waals surface area contributed by atoms with Crippen LogP contribution in [-0.4, -0.2) is 37.6 Å². The highest BCUT2D eigenvalue weighted by Gasteiger charge is 2.31. The van der Waals surface area contributed by atoms with Crippen LogP contribution < -0.4 is 0 Å². The maximum Gasteiger partial charge on any atom is 0.0487 e. The first-order valence-corrected chi connectivity index (χ1v) is 9.19. The minimum Gasteiger partial charge on any atom is -0.385 e. The van der Waals surface area contributed by atoms with Crippen molar-refractivity contribution in [1.29, 1.82) is 0 Å². The Labute approximate surface area is 139 Å². The van der Waals surface area contributed by atoms with Crippen molar-refractivity contribution in [2.45, 2.75) is 25.2 Å². The summed E-state index contributed by atoms with van der Waals surface area (Å²) in [5, 5.41) is 1.86. The number of rotatable bonds is 10. The number of hydrogen-bond acceptors (Lipinski definition) is 2. The Morgan fingerprint density at radius 2 is 1.75 bits per heavy atom.